The monoisotopic (exact) mass is 461 g/mol. The molecule has 2 aromatic rings. The first-order chi connectivity index (χ1) is 11.5. The zero-order valence-electron chi connectivity index (χ0n) is 13.4. The van der Waals surface area contributed by atoms with Gasteiger partial charge >= 0.3 is 0 Å². The number of rotatable bonds is 8. The Morgan fingerprint density at radius 2 is 2.08 bits per heavy atom. The van der Waals surface area contributed by atoms with Crippen molar-refractivity contribution in [2.24, 2.45) is 7.05 Å². The summed E-state index contributed by atoms with van der Waals surface area (Å²) >= 11 is 3.77. The zero-order valence-corrected chi connectivity index (χ0v) is 16.4. The fourth-order valence-corrected chi connectivity index (χ4v) is 3.77. The number of carbonyl (C=O) groups excluding carboxylic acids is 1. The van der Waals surface area contributed by atoms with Gasteiger partial charge in [0.15, 0.2) is 5.16 Å². The molecule has 1 heterocycles. The number of halogens is 1. The van der Waals surface area contributed by atoms with Crippen LogP contribution in [-0.4, -0.2) is 26.4 Å². The predicted octanol–water partition coefficient (Wildman–Crippen LogP) is 3.09. The van der Waals surface area contributed by atoms with Gasteiger partial charge in [0.05, 0.1) is 10.9 Å². The maximum absolute atomic E-state index is 12.4. The normalized spacial score (nSPS) is 11.0. The predicted molar refractivity (Wildman–Crippen MR) is 103 cm³/mol. The van der Waals surface area contributed by atoms with E-state index in [1.54, 1.807) is 28.9 Å². The lowest BCUT2D eigenvalue weighted by molar-refractivity contribution is -0.129. The van der Waals surface area contributed by atoms with Crippen LogP contribution in [0.15, 0.2) is 28.2 Å². The molecule has 0 spiro atoms. The van der Waals surface area contributed by atoms with E-state index in [2.05, 4.69) is 27.6 Å². The van der Waals surface area contributed by atoms with Crippen LogP contribution < -0.4 is 11.0 Å². The molecule has 0 saturated carbocycles. The summed E-state index contributed by atoms with van der Waals surface area (Å²) in [6, 6.07) is 5.70. The van der Waals surface area contributed by atoms with Gasteiger partial charge in [0.2, 0.25) is 5.91 Å². The van der Waals surface area contributed by atoms with Crippen LogP contribution >= 0.6 is 34.4 Å². The maximum atomic E-state index is 12.4. The van der Waals surface area contributed by atoms with Gasteiger partial charge in [-0.25, -0.2) is 10.5 Å². The lowest BCUT2D eigenvalue weighted by Gasteiger charge is -2.09. The quantitative estimate of drug-likeness (QED) is 0.158. The van der Waals surface area contributed by atoms with Gasteiger partial charge in [0.1, 0.15) is 0 Å². The van der Waals surface area contributed by atoms with Crippen LogP contribution in [-0.2, 0) is 11.8 Å². The first-order valence-corrected chi connectivity index (χ1v) is 9.81. The molecule has 1 aromatic heterocycles. The molecule has 0 aliphatic rings. The van der Waals surface area contributed by atoms with Gasteiger partial charge in [-0.05, 0) is 53.6 Å². The molecule has 0 saturated heterocycles. The largest absolute Gasteiger partial charge is 0.290 e. The van der Waals surface area contributed by atoms with Crippen LogP contribution in [0.25, 0.3) is 10.9 Å². The number of thioether (sulfide) groups is 1. The van der Waals surface area contributed by atoms with E-state index in [1.807, 2.05) is 18.2 Å². The van der Waals surface area contributed by atoms with Crippen LogP contribution in [0, 0.1) is 3.57 Å². The second kappa shape index (κ2) is 9.38. The smallest absolute Gasteiger partial charge is 0.261 e. The second-order valence-corrected chi connectivity index (χ2v) is 7.78. The van der Waals surface area contributed by atoms with E-state index in [-0.39, 0.29) is 11.5 Å². The Kier molecular flexibility index (Phi) is 7.50. The van der Waals surface area contributed by atoms with Crippen LogP contribution in [0.2, 0.25) is 0 Å². The van der Waals surface area contributed by atoms with Crippen LogP contribution in [0.3, 0.4) is 0 Å². The van der Waals surface area contributed by atoms with Crippen molar-refractivity contribution in [3.8, 4) is 0 Å². The van der Waals surface area contributed by atoms with Crippen LogP contribution in [0.4, 0.5) is 0 Å². The Hall–Kier alpha value is -1.13. The minimum Gasteiger partial charge on any atom is -0.290 e. The van der Waals surface area contributed by atoms with Gasteiger partial charge in [-0.3, -0.25) is 19.4 Å². The molecule has 0 atom stereocenters. The van der Waals surface area contributed by atoms with Crippen molar-refractivity contribution in [1.29, 1.82) is 0 Å². The Morgan fingerprint density at radius 1 is 1.33 bits per heavy atom. The van der Waals surface area contributed by atoms with Crippen molar-refractivity contribution in [3.63, 3.8) is 0 Å². The standard InChI is InChI=1S/C16H20IN3O3S/c1-20-15(22)12-10-11(17)7-8-13(12)18-16(20)24-9-5-3-2-4-6-14(21)19-23/h7-8,10,23H,2-6,9H2,1H3,(H,19,21). The lowest BCUT2D eigenvalue weighted by Crippen LogP contribution is -2.20. The fourth-order valence-electron chi connectivity index (χ4n) is 2.31. The molecule has 0 bridgehead atoms. The van der Waals surface area contributed by atoms with Crippen molar-refractivity contribution in [2.45, 2.75) is 37.3 Å². The van der Waals surface area contributed by atoms with Gasteiger partial charge in [0.25, 0.3) is 5.56 Å². The summed E-state index contributed by atoms with van der Waals surface area (Å²) in [5.74, 6) is 0.539. The van der Waals surface area contributed by atoms with E-state index in [4.69, 9.17) is 5.21 Å². The zero-order chi connectivity index (χ0) is 17.5. The van der Waals surface area contributed by atoms with Crippen molar-refractivity contribution in [1.82, 2.24) is 15.0 Å². The third kappa shape index (κ3) is 5.18. The molecule has 24 heavy (non-hydrogen) atoms. The molecule has 0 unspecified atom stereocenters. The van der Waals surface area contributed by atoms with E-state index in [0.717, 1.165) is 45.7 Å². The molecule has 0 fully saturated rings. The van der Waals surface area contributed by atoms with E-state index in [1.165, 1.54) is 0 Å². The third-order valence-corrected chi connectivity index (χ3v) is 5.44. The number of hydrogen-bond donors (Lipinski definition) is 2. The van der Waals surface area contributed by atoms with E-state index >= 15 is 0 Å². The Morgan fingerprint density at radius 3 is 2.83 bits per heavy atom. The first kappa shape index (κ1) is 19.2. The lowest BCUT2D eigenvalue weighted by atomic mass is 10.1. The fraction of sp³-hybridized carbons (Fsp3) is 0.438. The maximum Gasteiger partial charge on any atom is 0.261 e. The number of benzene rings is 1. The van der Waals surface area contributed by atoms with Crippen LogP contribution in [0.1, 0.15) is 32.1 Å². The van der Waals surface area contributed by atoms with Crippen molar-refractivity contribution < 1.29 is 10.0 Å². The highest BCUT2D eigenvalue weighted by molar-refractivity contribution is 14.1. The molecule has 0 aliphatic carbocycles. The van der Waals surface area contributed by atoms with Gasteiger partial charge in [0, 0.05) is 22.8 Å². The Balaban J connectivity index is 1.87. The topological polar surface area (TPSA) is 84.2 Å². The second-order valence-electron chi connectivity index (χ2n) is 5.47. The number of unbranched alkanes of at least 4 members (excludes halogenated alkanes) is 3. The van der Waals surface area contributed by atoms with Gasteiger partial charge < -0.3 is 0 Å². The summed E-state index contributed by atoms with van der Waals surface area (Å²) in [6.45, 7) is 0. The summed E-state index contributed by atoms with van der Waals surface area (Å²) in [7, 11) is 1.75. The number of carbonyl (C=O) groups is 1. The minimum atomic E-state index is -0.339. The molecule has 2 rings (SSSR count). The van der Waals surface area contributed by atoms with Crippen molar-refractivity contribution >= 4 is 51.2 Å². The summed E-state index contributed by atoms with van der Waals surface area (Å²) in [5, 5.41) is 9.78. The number of aromatic nitrogens is 2. The summed E-state index contributed by atoms with van der Waals surface area (Å²) in [6.07, 6.45) is 4.06. The van der Waals surface area contributed by atoms with Gasteiger partial charge in [-0.1, -0.05) is 24.6 Å². The first-order valence-electron chi connectivity index (χ1n) is 7.75. The van der Waals surface area contributed by atoms with E-state index < -0.39 is 0 Å². The molecular weight excluding hydrogens is 441 g/mol. The van der Waals surface area contributed by atoms with Crippen molar-refractivity contribution in [3.05, 3.63) is 32.1 Å². The number of fused-ring (bicyclic) bond motifs is 1. The molecule has 2 N–H and O–H groups in total. The molecular formula is C16H20IN3O3S. The minimum absolute atomic E-state index is 0.0176. The summed E-state index contributed by atoms with van der Waals surface area (Å²) < 4.78 is 2.63. The molecule has 6 nitrogen and oxygen atoms in total. The summed E-state index contributed by atoms with van der Waals surface area (Å²) in [5.41, 5.74) is 2.35. The highest BCUT2D eigenvalue weighted by Gasteiger charge is 2.09. The van der Waals surface area contributed by atoms with E-state index in [9.17, 15) is 9.59 Å². The molecule has 1 aromatic carbocycles. The number of hydroxylamine groups is 1. The van der Waals surface area contributed by atoms with Crippen LogP contribution in [0.5, 0.6) is 0 Å². The number of nitrogens with zero attached hydrogens (tertiary/aromatic N) is 2. The average molecular weight is 461 g/mol. The highest BCUT2D eigenvalue weighted by Crippen LogP contribution is 2.20. The third-order valence-electron chi connectivity index (χ3n) is 3.65. The number of amides is 1. The average Bonchev–Trinajstić information content (AvgIpc) is 2.58. The van der Waals surface area contributed by atoms with Gasteiger partial charge in [-0.15, -0.1) is 0 Å². The Labute approximate surface area is 158 Å². The SMILES string of the molecule is Cn1c(SCCCCCCC(=O)NO)nc2ccc(I)cc2c1=O. The Bertz CT molecular complexity index is 779. The molecule has 1 amide bonds. The molecule has 0 aliphatic heterocycles. The van der Waals surface area contributed by atoms with Crippen molar-refractivity contribution in [2.75, 3.05) is 5.75 Å². The van der Waals surface area contributed by atoms with Gasteiger partial charge in [-0.2, -0.15) is 0 Å². The van der Waals surface area contributed by atoms with E-state index in [0.29, 0.717) is 11.8 Å². The molecule has 130 valence electrons. The summed E-state index contributed by atoms with van der Waals surface area (Å²) in [4.78, 5) is 27.9. The molecule has 0 radical (unpaired) electrons. The highest BCUT2D eigenvalue weighted by atomic mass is 127. The number of nitrogens with one attached hydrogen (secondary N) is 1. The molecule has 8 heteroatoms. The number of hydrogen-bond acceptors (Lipinski definition) is 5.